The summed E-state index contributed by atoms with van der Waals surface area (Å²) in [6, 6.07) is 6.69. The van der Waals surface area contributed by atoms with Gasteiger partial charge in [-0.15, -0.1) is 11.3 Å². The number of nitrogens with one attached hydrogen (secondary N) is 1. The molecule has 2 heterocycles. The van der Waals surface area contributed by atoms with Gasteiger partial charge in [0.05, 0.1) is 25.4 Å². The van der Waals surface area contributed by atoms with Gasteiger partial charge in [-0.2, -0.15) is 0 Å². The minimum Gasteiger partial charge on any atom is -0.497 e. The Morgan fingerprint density at radius 2 is 1.93 bits per heavy atom. The van der Waals surface area contributed by atoms with Crippen LogP contribution in [0.15, 0.2) is 39.2 Å². The molecule has 0 atom stereocenters. The molecule has 142 valence electrons. The summed E-state index contributed by atoms with van der Waals surface area (Å²) in [4.78, 5) is 37.6. The molecule has 0 saturated carbocycles. The van der Waals surface area contributed by atoms with E-state index < -0.39 is 11.6 Å². The maximum Gasteiger partial charge on any atom is 0.331 e. The van der Waals surface area contributed by atoms with Crippen molar-refractivity contribution in [2.75, 3.05) is 19.5 Å². The number of thiophene rings is 1. The number of hydrogen-bond donors (Lipinski definition) is 1. The number of benzene rings is 1. The van der Waals surface area contributed by atoms with Gasteiger partial charge in [0.15, 0.2) is 0 Å². The van der Waals surface area contributed by atoms with E-state index in [0.29, 0.717) is 27.4 Å². The highest BCUT2D eigenvalue weighted by Gasteiger charge is 2.16. The molecule has 3 aromatic rings. The Morgan fingerprint density at radius 1 is 1.15 bits per heavy atom. The number of hydrogen-bond acceptors (Lipinski definition) is 6. The van der Waals surface area contributed by atoms with Crippen molar-refractivity contribution in [3.63, 3.8) is 0 Å². The Morgan fingerprint density at radius 3 is 2.59 bits per heavy atom. The number of aromatic nitrogens is 2. The third-order valence-corrected chi connectivity index (χ3v) is 5.03. The number of amides is 1. The minimum absolute atomic E-state index is 0.229. The van der Waals surface area contributed by atoms with Crippen LogP contribution in [0.3, 0.4) is 0 Å². The number of fused-ring (bicyclic) bond motifs is 1. The number of methoxy groups -OCH3 is 2. The van der Waals surface area contributed by atoms with Gasteiger partial charge < -0.3 is 14.8 Å². The van der Waals surface area contributed by atoms with Gasteiger partial charge in [-0.1, -0.05) is 0 Å². The van der Waals surface area contributed by atoms with E-state index in [1.165, 1.54) is 30.1 Å². The molecule has 3 rings (SSSR count). The van der Waals surface area contributed by atoms with Gasteiger partial charge >= 0.3 is 5.69 Å². The van der Waals surface area contributed by atoms with Crippen molar-refractivity contribution in [2.24, 2.45) is 0 Å². The van der Waals surface area contributed by atoms with Crippen LogP contribution in [0.2, 0.25) is 0 Å². The van der Waals surface area contributed by atoms with Crippen molar-refractivity contribution in [3.8, 4) is 11.5 Å². The largest absolute Gasteiger partial charge is 0.497 e. The molecule has 0 unspecified atom stereocenters. The fourth-order valence-corrected chi connectivity index (χ4v) is 3.65. The average molecular weight is 389 g/mol. The maximum absolute atomic E-state index is 12.7. The van der Waals surface area contributed by atoms with Crippen molar-refractivity contribution in [1.29, 1.82) is 0 Å². The molecule has 1 amide bonds. The highest BCUT2D eigenvalue weighted by atomic mass is 32.1. The van der Waals surface area contributed by atoms with Crippen LogP contribution in [0.1, 0.15) is 6.92 Å². The molecule has 0 fully saturated rings. The molecular weight excluding hydrogens is 370 g/mol. The van der Waals surface area contributed by atoms with Gasteiger partial charge in [-0.3, -0.25) is 18.7 Å². The van der Waals surface area contributed by atoms with Crippen molar-refractivity contribution in [3.05, 3.63) is 50.5 Å². The Bertz CT molecular complexity index is 1110. The number of anilines is 1. The third kappa shape index (κ3) is 3.45. The van der Waals surface area contributed by atoms with Crippen LogP contribution in [0.4, 0.5) is 5.69 Å². The summed E-state index contributed by atoms with van der Waals surface area (Å²) in [6.07, 6.45) is 0. The van der Waals surface area contributed by atoms with Crippen LogP contribution in [0.25, 0.3) is 10.2 Å². The van der Waals surface area contributed by atoms with Crippen LogP contribution in [-0.2, 0) is 17.9 Å². The molecule has 0 aliphatic rings. The monoisotopic (exact) mass is 389 g/mol. The molecule has 9 heteroatoms. The number of ether oxygens (including phenoxy) is 2. The molecule has 2 aromatic heterocycles. The van der Waals surface area contributed by atoms with E-state index in [2.05, 4.69) is 5.32 Å². The van der Waals surface area contributed by atoms with Crippen LogP contribution in [0.5, 0.6) is 11.5 Å². The van der Waals surface area contributed by atoms with Gasteiger partial charge in [0.25, 0.3) is 5.56 Å². The van der Waals surface area contributed by atoms with Gasteiger partial charge in [-0.05, 0) is 30.5 Å². The predicted octanol–water partition coefficient (Wildman–Crippen LogP) is 1.90. The molecule has 1 N–H and O–H groups in total. The van der Waals surface area contributed by atoms with E-state index in [1.807, 2.05) is 0 Å². The zero-order chi connectivity index (χ0) is 19.6. The maximum atomic E-state index is 12.7. The molecule has 1 aromatic carbocycles. The lowest BCUT2D eigenvalue weighted by Gasteiger charge is -2.14. The van der Waals surface area contributed by atoms with Crippen LogP contribution in [-0.4, -0.2) is 29.3 Å². The highest BCUT2D eigenvalue weighted by Crippen LogP contribution is 2.28. The topological polar surface area (TPSA) is 91.6 Å². The highest BCUT2D eigenvalue weighted by molar-refractivity contribution is 7.17. The first-order chi connectivity index (χ1) is 13.0. The normalized spacial score (nSPS) is 10.8. The Balaban J connectivity index is 1.97. The fraction of sp³-hybridized carbons (Fsp3) is 0.278. The molecule has 0 spiro atoms. The summed E-state index contributed by atoms with van der Waals surface area (Å²) in [5, 5.41) is 4.46. The molecule has 0 aliphatic carbocycles. The molecule has 8 nitrogen and oxygen atoms in total. The zero-order valence-electron chi connectivity index (χ0n) is 15.1. The number of nitrogens with zero attached hydrogens (tertiary/aromatic N) is 2. The summed E-state index contributed by atoms with van der Waals surface area (Å²) in [6.45, 7) is 1.72. The Hall–Kier alpha value is -3.07. The van der Waals surface area contributed by atoms with E-state index in [1.54, 1.807) is 36.6 Å². The Labute approximate surface area is 158 Å². The lowest BCUT2D eigenvalue weighted by molar-refractivity contribution is -0.116. The molecular formula is C18H19N3O5S. The van der Waals surface area contributed by atoms with Crippen LogP contribution < -0.4 is 26.0 Å². The summed E-state index contributed by atoms with van der Waals surface area (Å²) in [5.74, 6) is 0.608. The predicted molar refractivity (Wildman–Crippen MR) is 104 cm³/mol. The van der Waals surface area contributed by atoms with Crippen molar-refractivity contribution < 1.29 is 14.3 Å². The summed E-state index contributed by atoms with van der Waals surface area (Å²) >= 11 is 1.25. The Kier molecular flexibility index (Phi) is 5.31. The van der Waals surface area contributed by atoms with E-state index in [0.717, 1.165) is 4.57 Å². The van der Waals surface area contributed by atoms with Gasteiger partial charge in [-0.25, -0.2) is 4.79 Å². The number of rotatable bonds is 6. The SMILES string of the molecule is CCn1c(=O)c2sccc2n(CC(=O)Nc2cc(OC)ccc2OC)c1=O. The second kappa shape index (κ2) is 7.67. The van der Waals surface area contributed by atoms with Crippen LogP contribution in [0, 0.1) is 0 Å². The number of carbonyl (C=O) groups excluding carboxylic acids is 1. The lowest BCUT2D eigenvalue weighted by atomic mass is 10.2. The smallest absolute Gasteiger partial charge is 0.331 e. The van der Waals surface area contributed by atoms with Gasteiger partial charge in [0.1, 0.15) is 22.7 Å². The third-order valence-electron chi connectivity index (χ3n) is 4.14. The molecule has 0 radical (unpaired) electrons. The molecule has 0 bridgehead atoms. The first kappa shape index (κ1) is 18.7. The van der Waals surface area contributed by atoms with Crippen molar-refractivity contribution in [1.82, 2.24) is 9.13 Å². The second-order valence-electron chi connectivity index (χ2n) is 5.67. The van der Waals surface area contributed by atoms with Crippen LogP contribution >= 0.6 is 11.3 Å². The summed E-state index contributed by atoms with van der Waals surface area (Å²) in [7, 11) is 3.02. The molecule has 27 heavy (non-hydrogen) atoms. The summed E-state index contributed by atoms with van der Waals surface area (Å²) < 4.78 is 13.3. The fourth-order valence-electron chi connectivity index (χ4n) is 2.81. The quantitative estimate of drug-likeness (QED) is 0.695. The molecule has 0 aliphatic heterocycles. The van der Waals surface area contributed by atoms with Crippen molar-refractivity contribution >= 4 is 33.1 Å². The van der Waals surface area contributed by atoms with E-state index >= 15 is 0 Å². The second-order valence-corrected chi connectivity index (χ2v) is 6.58. The molecule has 0 saturated heterocycles. The standard InChI is InChI=1S/C18H19N3O5S/c1-4-20-17(23)16-13(7-8-27-16)21(18(20)24)10-15(22)19-12-9-11(25-2)5-6-14(12)26-3/h5-9H,4,10H2,1-3H3,(H,19,22). The summed E-state index contributed by atoms with van der Waals surface area (Å²) in [5.41, 5.74) is 0.0347. The first-order valence-corrected chi connectivity index (χ1v) is 9.10. The van der Waals surface area contributed by atoms with E-state index in [9.17, 15) is 14.4 Å². The number of carbonyl (C=O) groups is 1. The van der Waals surface area contributed by atoms with Gasteiger partial charge in [0, 0.05) is 12.6 Å². The minimum atomic E-state index is -0.513. The van der Waals surface area contributed by atoms with Crippen molar-refractivity contribution in [2.45, 2.75) is 20.0 Å². The zero-order valence-corrected chi connectivity index (χ0v) is 16.0. The van der Waals surface area contributed by atoms with Gasteiger partial charge in [0.2, 0.25) is 5.91 Å². The average Bonchev–Trinajstić information content (AvgIpc) is 3.15. The lowest BCUT2D eigenvalue weighted by Crippen LogP contribution is -2.40. The van der Waals surface area contributed by atoms with E-state index in [4.69, 9.17) is 9.47 Å². The van der Waals surface area contributed by atoms with E-state index in [-0.39, 0.29) is 18.6 Å². The first-order valence-electron chi connectivity index (χ1n) is 8.22.